The molecular formula is C15H23N3O3. The SMILES string of the molecule is CCC1(C(=O)N2CCCC3(C2)NC(=O)NC3=O)CCCC1. The van der Waals surface area contributed by atoms with Crippen LogP contribution in [0.5, 0.6) is 0 Å². The first-order valence-corrected chi connectivity index (χ1v) is 7.94. The Morgan fingerprint density at radius 3 is 2.48 bits per heavy atom. The van der Waals surface area contributed by atoms with Crippen LogP contribution < -0.4 is 10.6 Å². The summed E-state index contributed by atoms with van der Waals surface area (Å²) in [5.41, 5.74) is -1.14. The van der Waals surface area contributed by atoms with Gasteiger partial charge in [-0.1, -0.05) is 19.8 Å². The molecule has 116 valence electrons. The van der Waals surface area contributed by atoms with Crippen molar-refractivity contribution in [3.63, 3.8) is 0 Å². The number of carbonyl (C=O) groups is 3. The third-order valence-corrected chi connectivity index (χ3v) is 5.49. The summed E-state index contributed by atoms with van der Waals surface area (Å²) in [6.07, 6.45) is 6.32. The number of urea groups is 1. The number of nitrogens with zero attached hydrogens (tertiary/aromatic N) is 1. The van der Waals surface area contributed by atoms with Crippen molar-refractivity contribution in [1.82, 2.24) is 15.5 Å². The van der Waals surface area contributed by atoms with Crippen LogP contribution in [0.3, 0.4) is 0 Å². The number of hydrogen-bond donors (Lipinski definition) is 2. The number of rotatable bonds is 2. The van der Waals surface area contributed by atoms with E-state index in [0.29, 0.717) is 19.5 Å². The molecule has 1 unspecified atom stereocenters. The molecule has 1 spiro atoms. The molecule has 1 saturated carbocycles. The Bertz CT molecular complexity index is 485. The lowest BCUT2D eigenvalue weighted by molar-refractivity contribution is -0.145. The Hall–Kier alpha value is -1.59. The van der Waals surface area contributed by atoms with Crippen molar-refractivity contribution in [2.75, 3.05) is 13.1 Å². The van der Waals surface area contributed by atoms with Crippen molar-refractivity contribution >= 4 is 17.8 Å². The fourth-order valence-electron chi connectivity index (χ4n) is 4.15. The number of imide groups is 1. The highest BCUT2D eigenvalue weighted by Gasteiger charge is 2.51. The summed E-state index contributed by atoms with van der Waals surface area (Å²) < 4.78 is 0. The molecule has 21 heavy (non-hydrogen) atoms. The zero-order chi connectivity index (χ0) is 15.1. The highest BCUT2D eigenvalue weighted by Crippen LogP contribution is 2.43. The molecule has 0 aromatic heterocycles. The molecule has 3 fully saturated rings. The van der Waals surface area contributed by atoms with Gasteiger partial charge in [-0.3, -0.25) is 14.9 Å². The minimum atomic E-state index is -0.904. The van der Waals surface area contributed by atoms with Crippen molar-refractivity contribution in [2.45, 2.75) is 57.4 Å². The van der Waals surface area contributed by atoms with E-state index in [2.05, 4.69) is 17.6 Å². The maximum atomic E-state index is 13.0. The largest absolute Gasteiger partial charge is 0.339 e. The number of likely N-dealkylation sites (tertiary alicyclic amines) is 1. The normalized spacial score (nSPS) is 31.4. The lowest BCUT2D eigenvalue weighted by Gasteiger charge is -2.42. The van der Waals surface area contributed by atoms with Crippen LogP contribution in [0, 0.1) is 5.41 Å². The summed E-state index contributed by atoms with van der Waals surface area (Å²) in [7, 11) is 0. The van der Waals surface area contributed by atoms with E-state index in [9.17, 15) is 14.4 Å². The molecule has 0 radical (unpaired) electrons. The second-order valence-electron chi connectivity index (χ2n) is 6.66. The highest BCUT2D eigenvalue weighted by molar-refractivity contribution is 6.07. The average molecular weight is 293 g/mol. The van der Waals surface area contributed by atoms with E-state index in [1.54, 1.807) is 0 Å². The summed E-state index contributed by atoms with van der Waals surface area (Å²) in [5.74, 6) is -0.113. The van der Waals surface area contributed by atoms with E-state index in [1.807, 2.05) is 4.90 Å². The third kappa shape index (κ3) is 2.21. The Labute approximate surface area is 124 Å². The average Bonchev–Trinajstić information content (AvgIpc) is 3.05. The minimum Gasteiger partial charge on any atom is -0.339 e. The predicted octanol–water partition coefficient (Wildman–Crippen LogP) is 1.16. The quantitative estimate of drug-likeness (QED) is 0.750. The number of piperidine rings is 1. The Balaban J connectivity index is 1.79. The van der Waals surface area contributed by atoms with Crippen molar-refractivity contribution in [2.24, 2.45) is 5.41 Å². The van der Waals surface area contributed by atoms with Crippen molar-refractivity contribution in [3.05, 3.63) is 0 Å². The lowest BCUT2D eigenvalue weighted by atomic mass is 9.80. The standard InChI is InChI=1S/C15H23N3O3/c1-2-14(6-3-4-7-14)12(20)18-9-5-8-15(10-18)11(19)16-13(21)17-15/h2-10H2,1H3,(H2,16,17,19,21). The molecule has 2 N–H and O–H groups in total. The Morgan fingerprint density at radius 2 is 1.90 bits per heavy atom. The van der Waals surface area contributed by atoms with Gasteiger partial charge >= 0.3 is 6.03 Å². The molecule has 4 amide bonds. The van der Waals surface area contributed by atoms with E-state index in [1.165, 1.54) is 0 Å². The maximum absolute atomic E-state index is 13.0. The fourth-order valence-corrected chi connectivity index (χ4v) is 4.15. The van der Waals surface area contributed by atoms with E-state index in [4.69, 9.17) is 0 Å². The molecule has 1 aliphatic carbocycles. The Kier molecular flexibility index (Phi) is 3.42. The van der Waals surface area contributed by atoms with Crippen LogP contribution in [0.1, 0.15) is 51.9 Å². The van der Waals surface area contributed by atoms with Crippen LogP contribution in [0.25, 0.3) is 0 Å². The summed E-state index contributed by atoms with van der Waals surface area (Å²) in [6, 6.07) is -0.444. The van der Waals surface area contributed by atoms with E-state index in [0.717, 1.165) is 38.5 Å². The number of carbonyl (C=O) groups excluding carboxylic acids is 3. The molecule has 0 bridgehead atoms. The molecule has 0 aromatic rings. The van der Waals surface area contributed by atoms with Gasteiger partial charge in [0.1, 0.15) is 5.54 Å². The molecular weight excluding hydrogens is 270 g/mol. The summed E-state index contributed by atoms with van der Waals surface area (Å²) >= 11 is 0. The molecule has 2 heterocycles. The molecule has 2 saturated heterocycles. The third-order valence-electron chi connectivity index (χ3n) is 5.49. The minimum absolute atomic E-state index is 0.176. The number of amides is 4. The summed E-state index contributed by atoms with van der Waals surface area (Å²) in [6.45, 7) is 3.07. The van der Waals surface area contributed by atoms with Crippen LogP contribution in [0.4, 0.5) is 4.79 Å². The van der Waals surface area contributed by atoms with Crippen molar-refractivity contribution < 1.29 is 14.4 Å². The first-order chi connectivity index (χ1) is 10.0. The van der Waals surface area contributed by atoms with E-state index >= 15 is 0 Å². The summed E-state index contributed by atoms with van der Waals surface area (Å²) in [5, 5.41) is 5.03. The molecule has 3 aliphatic rings. The molecule has 1 atom stereocenters. The van der Waals surface area contributed by atoms with Crippen LogP contribution in [0.2, 0.25) is 0 Å². The van der Waals surface area contributed by atoms with Gasteiger partial charge in [0.25, 0.3) is 5.91 Å². The second-order valence-corrected chi connectivity index (χ2v) is 6.66. The topological polar surface area (TPSA) is 78.5 Å². The molecule has 2 aliphatic heterocycles. The van der Waals surface area contributed by atoms with Gasteiger partial charge in [0.2, 0.25) is 5.91 Å². The zero-order valence-electron chi connectivity index (χ0n) is 12.5. The van der Waals surface area contributed by atoms with Crippen LogP contribution >= 0.6 is 0 Å². The number of nitrogens with one attached hydrogen (secondary N) is 2. The fraction of sp³-hybridized carbons (Fsp3) is 0.800. The first-order valence-electron chi connectivity index (χ1n) is 7.94. The monoisotopic (exact) mass is 293 g/mol. The van der Waals surface area contributed by atoms with E-state index < -0.39 is 11.6 Å². The van der Waals surface area contributed by atoms with Gasteiger partial charge in [0.05, 0.1) is 6.54 Å². The van der Waals surface area contributed by atoms with Gasteiger partial charge < -0.3 is 10.2 Å². The van der Waals surface area contributed by atoms with Crippen LogP contribution in [-0.4, -0.2) is 41.4 Å². The van der Waals surface area contributed by atoms with Gasteiger partial charge in [0.15, 0.2) is 0 Å². The van der Waals surface area contributed by atoms with E-state index in [-0.39, 0.29) is 17.2 Å². The Morgan fingerprint density at radius 1 is 1.19 bits per heavy atom. The smallest absolute Gasteiger partial charge is 0.322 e. The lowest BCUT2D eigenvalue weighted by Crippen LogP contribution is -2.61. The van der Waals surface area contributed by atoms with Gasteiger partial charge in [-0.25, -0.2) is 4.79 Å². The van der Waals surface area contributed by atoms with Crippen molar-refractivity contribution in [3.8, 4) is 0 Å². The molecule has 0 aromatic carbocycles. The van der Waals surface area contributed by atoms with Crippen LogP contribution in [0.15, 0.2) is 0 Å². The number of hydrogen-bond acceptors (Lipinski definition) is 3. The van der Waals surface area contributed by atoms with Gasteiger partial charge in [-0.2, -0.15) is 0 Å². The van der Waals surface area contributed by atoms with Crippen LogP contribution in [-0.2, 0) is 9.59 Å². The van der Waals surface area contributed by atoms with Crippen molar-refractivity contribution in [1.29, 1.82) is 0 Å². The highest BCUT2D eigenvalue weighted by atomic mass is 16.2. The zero-order valence-corrected chi connectivity index (χ0v) is 12.5. The van der Waals surface area contributed by atoms with Gasteiger partial charge in [-0.15, -0.1) is 0 Å². The molecule has 6 nitrogen and oxygen atoms in total. The predicted molar refractivity (Wildman–Crippen MR) is 76.4 cm³/mol. The molecule has 3 rings (SSSR count). The maximum Gasteiger partial charge on any atom is 0.322 e. The molecule has 6 heteroatoms. The van der Waals surface area contributed by atoms with Gasteiger partial charge in [-0.05, 0) is 32.1 Å². The first kappa shape index (κ1) is 14.4. The second kappa shape index (κ2) is 5.00. The summed E-state index contributed by atoms with van der Waals surface area (Å²) in [4.78, 5) is 38.3. The van der Waals surface area contributed by atoms with Gasteiger partial charge in [0, 0.05) is 12.0 Å².